The summed E-state index contributed by atoms with van der Waals surface area (Å²) in [5.41, 5.74) is 1.65. The van der Waals surface area contributed by atoms with Crippen LogP contribution in [0.1, 0.15) is 43.7 Å². The van der Waals surface area contributed by atoms with Gasteiger partial charge in [0.05, 0.1) is 9.82 Å². The predicted molar refractivity (Wildman–Crippen MR) is 166 cm³/mol. The van der Waals surface area contributed by atoms with Crippen molar-refractivity contribution >= 4 is 21.6 Å². The van der Waals surface area contributed by atoms with E-state index >= 15 is 0 Å². The van der Waals surface area contributed by atoms with Crippen molar-refractivity contribution in [1.82, 2.24) is 14.1 Å². The van der Waals surface area contributed by atoms with E-state index in [0.29, 0.717) is 30.3 Å². The third-order valence-electron chi connectivity index (χ3n) is 9.20. The molecule has 0 aromatic heterocycles. The van der Waals surface area contributed by atoms with Crippen LogP contribution in [-0.2, 0) is 26.8 Å². The lowest BCUT2D eigenvalue weighted by molar-refractivity contribution is -0.384. The fourth-order valence-electron chi connectivity index (χ4n) is 6.66. The third kappa shape index (κ3) is 6.98. The number of sulfonamides is 1. The highest BCUT2D eigenvalue weighted by atomic mass is 32.2. The Balaban J connectivity index is 1.26. The van der Waals surface area contributed by atoms with Gasteiger partial charge in [-0.2, -0.15) is 0 Å². The first-order valence-corrected chi connectivity index (χ1v) is 16.3. The van der Waals surface area contributed by atoms with Crippen LogP contribution in [0.15, 0.2) is 89.8 Å². The van der Waals surface area contributed by atoms with Crippen LogP contribution in [-0.4, -0.2) is 72.6 Å². The number of benzene rings is 3. The molecule has 2 saturated heterocycles. The van der Waals surface area contributed by atoms with E-state index in [0.717, 1.165) is 50.0 Å². The molecule has 5 rings (SSSR count). The van der Waals surface area contributed by atoms with Crippen molar-refractivity contribution < 1.29 is 18.1 Å². The molecule has 2 aliphatic rings. The minimum absolute atomic E-state index is 0.0475. The van der Waals surface area contributed by atoms with Crippen LogP contribution in [0.2, 0.25) is 0 Å². The van der Waals surface area contributed by atoms with E-state index in [4.69, 9.17) is 0 Å². The molecule has 228 valence electrons. The molecule has 3 atom stereocenters. The van der Waals surface area contributed by atoms with E-state index in [1.807, 2.05) is 29.2 Å². The number of carbonyl (C=O) groups is 1. The van der Waals surface area contributed by atoms with Gasteiger partial charge in [0.15, 0.2) is 0 Å². The Kier molecular flexibility index (Phi) is 9.29. The highest BCUT2D eigenvalue weighted by molar-refractivity contribution is 7.89. The van der Waals surface area contributed by atoms with Crippen LogP contribution in [0, 0.1) is 16.0 Å². The summed E-state index contributed by atoms with van der Waals surface area (Å²) in [6.07, 6.45) is 3.01. The summed E-state index contributed by atoms with van der Waals surface area (Å²) >= 11 is 0. The number of rotatable bonds is 11. The average molecular weight is 605 g/mol. The molecule has 1 amide bonds. The van der Waals surface area contributed by atoms with Gasteiger partial charge in [0.25, 0.3) is 5.69 Å². The van der Waals surface area contributed by atoms with Crippen molar-refractivity contribution in [2.75, 3.05) is 33.2 Å². The van der Waals surface area contributed by atoms with Crippen LogP contribution >= 0.6 is 0 Å². The van der Waals surface area contributed by atoms with Crippen LogP contribution in [0.3, 0.4) is 0 Å². The highest BCUT2D eigenvalue weighted by Crippen LogP contribution is 2.35. The lowest BCUT2D eigenvalue weighted by Gasteiger charge is -2.47. The number of nitro benzene ring substituents is 1. The molecule has 0 aliphatic carbocycles. The molecule has 0 N–H and O–H groups in total. The molecule has 2 aliphatic heterocycles. The van der Waals surface area contributed by atoms with Crippen LogP contribution in [0.4, 0.5) is 5.69 Å². The summed E-state index contributed by atoms with van der Waals surface area (Å²) in [6.45, 7) is 5.53. The SMILES string of the molecule is CN(C[C@@](C)(CCN1CCC2C(CCC(=O)N2Cc2ccc([N+](=O)[O-])cc2)C1)c1ccccc1)S(=O)(=O)c1ccccc1. The van der Waals surface area contributed by atoms with Gasteiger partial charge in [-0.25, -0.2) is 12.7 Å². The van der Waals surface area contributed by atoms with Gasteiger partial charge in [0, 0.05) is 63.2 Å². The Morgan fingerprint density at radius 2 is 1.63 bits per heavy atom. The van der Waals surface area contributed by atoms with Crippen molar-refractivity contribution in [3.8, 4) is 0 Å². The number of nitro groups is 1. The molecular weight excluding hydrogens is 564 g/mol. The number of piperidine rings is 2. The third-order valence-corrected chi connectivity index (χ3v) is 11.0. The molecular formula is C33H40N4O5S. The number of carbonyl (C=O) groups excluding carboxylic acids is 1. The monoisotopic (exact) mass is 604 g/mol. The number of fused-ring (bicyclic) bond motifs is 1. The molecule has 0 spiro atoms. The molecule has 9 nitrogen and oxygen atoms in total. The minimum atomic E-state index is -3.63. The van der Waals surface area contributed by atoms with Gasteiger partial charge in [0.1, 0.15) is 0 Å². The van der Waals surface area contributed by atoms with Gasteiger partial charge < -0.3 is 9.80 Å². The lowest BCUT2D eigenvalue weighted by Crippen LogP contribution is -2.56. The zero-order valence-electron chi connectivity index (χ0n) is 24.8. The van der Waals surface area contributed by atoms with Crippen molar-refractivity contribution in [3.05, 3.63) is 106 Å². The number of likely N-dealkylation sites (tertiary alicyclic amines) is 2. The molecule has 43 heavy (non-hydrogen) atoms. The summed E-state index contributed by atoms with van der Waals surface area (Å²) in [7, 11) is -1.97. The predicted octanol–water partition coefficient (Wildman–Crippen LogP) is 5.08. The van der Waals surface area contributed by atoms with Crippen molar-refractivity contribution in [3.63, 3.8) is 0 Å². The van der Waals surface area contributed by atoms with Gasteiger partial charge in [-0.3, -0.25) is 14.9 Å². The Morgan fingerprint density at radius 3 is 2.28 bits per heavy atom. The minimum Gasteiger partial charge on any atom is -0.335 e. The standard InChI is InChI=1S/C33H40N4O5S/c1-33(28-9-5-3-6-10-28,25-34(2)43(41,42)30-11-7-4-8-12-30)20-22-35-21-19-31-27(24-35)15-18-32(38)36(31)23-26-13-16-29(17-14-26)37(39)40/h3-14,16-17,27,31H,15,18-25H2,1-2H3/t27?,31?,33-/m1/s1. The molecule has 0 radical (unpaired) electrons. The topological polar surface area (TPSA) is 104 Å². The number of amides is 1. The quantitative estimate of drug-likeness (QED) is 0.224. The Morgan fingerprint density at radius 1 is 0.977 bits per heavy atom. The van der Waals surface area contributed by atoms with Gasteiger partial charge in [0.2, 0.25) is 15.9 Å². The van der Waals surface area contributed by atoms with Gasteiger partial charge in [-0.05, 0) is 55.0 Å². The molecule has 3 aromatic rings. The van der Waals surface area contributed by atoms with Gasteiger partial charge in [-0.1, -0.05) is 67.6 Å². The molecule has 2 unspecified atom stereocenters. The second kappa shape index (κ2) is 13.0. The first-order valence-electron chi connectivity index (χ1n) is 14.9. The van der Waals surface area contributed by atoms with Crippen LogP contribution in [0.25, 0.3) is 0 Å². The molecule has 10 heteroatoms. The first kappa shape index (κ1) is 30.8. The lowest BCUT2D eigenvalue weighted by atomic mass is 9.78. The summed E-state index contributed by atoms with van der Waals surface area (Å²) in [5, 5.41) is 11.0. The fourth-order valence-corrected chi connectivity index (χ4v) is 7.98. The number of hydrogen-bond donors (Lipinski definition) is 0. The summed E-state index contributed by atoms with van der Waals surface area (Å²) in [6, 6.07) is 25.3. The van der Waals surface area contributed by atoms with Crippen LogP contribution < -0.4 is 0 Å². The smallest absolute Gasteiger partial charge is 0.269 e. The van der Waals surface area contributed by atoms with E-state index in [1.54, 1.807) is 43.4 Å². The maximum Gasteiger partial charge on any atom is 0.269 e. The van der Waals surface area contributed by atoms with Crippen molar-refractivity contribution in [2.45, 2.75) is 55.5 Å². The zero-order chi connectivity index (χ0) is 30.6. The second-order valence-corrected chi connectivity index (χ2v) is 14.2. The zero-order valence-corrected chi connectivity index (χ0v) is 25.7. The number of non-ortho nitro benzene ring substituents is 1. The van der Waals surface area contributed by atoms with E-state index < -0.39 is 20.4 Å². The summed E-state index contributed by atoms with van der Waals surface area (Å²) in [4.78, 5) is 28.3. The summed E-state index contributed by atoms with van der Waals surface area (Å²) in [5.74, 6) is 0.501. The Labute approximate surface area is 254 Å². The molecule has 3 aromatic carbocycles. The van der Waals surface area contributed by atoms with Gasteiger partial charge in [-0.15, -0.1) is 0 Å². The number of hydrogen-bond acceptors (Lipinski definition) is 6. The van der Waals surface area contributed by atoms with E-state index in [9.17, 15) is 23.3 Å². The molecule has 2 heterocycles. The van der Waals surface area contributed by atoms with Gasteiger partial charge >= 0.3 is 0 Å². The number of nitrogens with zero attached hydrogens (tertiary/aromatic N) is 4. The Bertz CT molecular complexity index is 1520. The van der Waals surface area contributed by atoms with E-state index in [2.05, 4.69) is 24.0 Å². The maximum absolute atomic E-state index is 13.4. The molecule has 0 saturated carbocycles. The van der Waals surface area contributed by atoms with Crippen molar-refractivity contribution in [2.24, 2.45) is 5.92 Å². The molecule has 0 bridgehead atoms. The highest BCUT2D eigenvalue weighted by Gasteiger charge is 2.40. The maximum atomic E-state index is 13.4. The fraction of sp³-hybridized carbons (Fsp3) is 0.424. The normalized spacial score (nSPS) is 20.9. The average Bonchev–Trinajstić information content (AvgIpc) is 3.02. The van der Waals surface area contributed by atoms with E-state index in [-0.39, 0.29) is 17.6 Å². The second-order valence-electron chi connectivity index (χ2n) is 12.2. The van der Waals surface area contributed by atoms with E-state index in [1.165, 1.54) is 16.4 Å². The molecule has 2 fully saturated rings. The first-order chi connectivity index (χ1) is 20.6. The largest absolute Gasteiger partial charge is 0.335 e. The Hall–Kier alpha value is -3.60. The van der Waals surface area contributed by atoms with Crippen molar-refractivity contribution in [1.29, 1.82) is 0 Å². The number of likely N-dealkylation sites (N-methyl/N-ethyl adjacent to an activating group) is 1. The van der Waals surface area contributed by atoms with Crippen LogP contribution in [0.5, 0.6) is 0 Å². The summed E-state index contributed by atoms with van der Waals surface area (Å²) < 4.78 is 28.3.